The number of piperazine rings is 1. The van der Waals surface area contributed by atoms with Gasteiger partial charge in [0.2, 0.25) is 5.91 Å². The highest BCUT2D eigenvalue weighted by Crippen LogP contribution is 2.04. The fourth-order valence-electron chi connectivity index (χ4n) is 1.68. The standard InChI is InChI=1S/C11H16N2O3/c1-2-3-4-10(14)13-7-5-12(6-8-13)9-11(15)16/h1H,3-9H2,(H,15,16). The van der Waals surface area contributed by atoms with Gasteiger partial charge in [0, 0.05) is 39.0 Å². The average Bonchev–Trinajstić information content (AvgIpc) is 2.26. The smallest absolute Gasteiger partial charge is 0.317 e. The Bertz CT molecular complexity index is 301. The third kappa shape index (κ3) is 3.91. The number of hydrogen-bond donors (Lipinski definition) is 1. The summed E-state index contributed by atoms with van der Waals surface area (Å²) in [5.74, 6) is 1.67. The molecule has 0 unspecified atom stereocenters. The summed E-state index contributed by atoms with van der Waals surface area (Å²) in [6.07, 6.45) is 5.94. The van der Waals surface area contributed by atoms with E-state index in [4.69, 9.17) is 11.5 Å². The predicted molar refractivity (Wildman–Crippen MR) is 58.7 cm³/mol. The molecule has 0 radical (unpaired) electrons. The maximum Gasteiger partial charge on any atom is 0.317 e. The first-order valence-corrected chi connectivity index (χ1v) is 5.29. The minimum atomic E-state index is -0.827. The molecule has 0 spiro atoms. The number of terminal acetylenes is 1. The van der Waals surface area contributed by atoms with Gasteiger partial charge in [0.25, 0.3) is 0 Å². The number of carbonyl (C=O) groups is 2. The van der Waals surface area contributed by atoms with Crippen molar-refractivity contribution in [3.8, 4) is 12.3 Å². The number of amides is 1. The molecule has 0 aromatic heterocycles. The highest BCUT2D eigenvalue weighted by Gasteiger charge is 2.21. The van der Waals surface area contributed by atoms with E-state index in [0.29, 0.717) is 39.0 Å². The molecule has 0 aliphatic carbocycles. The third-order valence-corrected chi connectivity index (χ3v) is 2.57. The van der Waals surface area contributed by atoms with Gasteiger partial charge in [-0.2, -0.15) is 0 Å². The molecule has 0 aromatic carbocycles. The largest absolute Gasteiger partial charge is 0.480 e. The molecule has 5 heteroatoms. The van der Waals surface area contributed by atoms with Gasteiger partial charge in [0.05, 0.1) is 6.54 Å². The van der Waals surface area contributed by atoms with Crippen LogP contribution in [-0.4, -0.2) is 59.5 Å². The van der Waals surface area contributed by atoms with Crippen LogP contribution < -0.4 is 0 Å². The van der Waals surface area contributed by atoms with E-state index in [9.17, 15) is 9.59 Å². The second-order valence-corrected chi connectivity index (χ2v) is 3.75. The molecular formula is C11H16N2O3. The van der Waals surface area contributed by atoms with E-state index in [1.165, 1.54) is 0 Å². The van der Waals surface area contributed by atoms with Gasteiger partial charge in [-0.3, -0.25) is 14.5 Å². The summed E-state index contributed by atoms with van der Waals surface area (Å²) in [6, 6.07) is 0. The zero-order valence-electron chi connectivity index (χ0n) is 9.19. The van der Waals surface area contributed by atoms with Crippen LogP contribution in [0.1, 0.15) is 12.8 Å². The van der Waals surface area contributed by atoms with Crippen molar-refractivity contribution in [1.82, 2.24) is 9.80 Å². The molecule has 1 aliphatic heterocycles. The van der Waals surface area contributed by atoms with Crippen LogP contribution in [0.4, 0.5) is 0 Å². The SMILES string of the molecule is C#CCCC(=O)N1CCN(CC(=O)O)CC1. The Morgan fingerprint density at radius 1 is 1.25 bits per heavy atom. The molecule has 1 heterocycles. The fourth-order valence-corrected chi connectivity index (χ4v) is 1.68. The van der Waals surface area contributed by atoms with Gasteiger partial charge in [-0.05, 0) is 0 Å². The van der Waals surface area contributed by atoms with Crippen LogP contribution in [0.15, 0.2) is 0 Å². The van der Waals surface area contributed by atoms with E-state index in [0.717, 1.165) is 0 Å². The van der Waals surface area contributed by atoms with Crippen LogP contribution in [0.3, 0.4) is 0 Å². The molecule has 0 aromatic rings. The molecule has 1 saturated heterocycles. The predicted octanol–water partition coefficient (Wildman–Crippen LogP) is -0.371. The number of carboxylic acids is 1. The first-order chi connectivity index (χ1) is 7.63. The number of nitrogens with zero attached hydrogens (tertiary/aromatic N) is 2. The summed E-state index contributed by atoms with van der Waals surface area (Å²) in [6.45, 7) is 2.47. The molecule has 5 nitrogen and oxygen atoms in total. The summed E-state index contributed by atoms with van der Waals surface area (Å²) in [5.41, 5.74) is 0. The normalized spacial score (nSPS) is 16.8. The van der Waals surface area contributed by atoms with Crippen LogP contribution in [0.2, 0.25) is 0 Å². The van der Waals surface area contributed by atoms with Gasteiger partial charge < -0.3 is 10.0 Å². The molecule has 0 bridgehead atoms. The first kappa shape index (κ1) is 12.5. The van der Waals surface area contributed by atoms with E-state index in [2.05, 4.69) is 5.92 Å². The first-order valence-electron chi connectivity index (χ1n) is 5.29. The number of hydrogen-bond acceptors (Lipinski definition) is 3. The lowest BCUT2D eigenvalue weighted by atomic mass is 10.2. The molecule has 0 saturated carbocycles. The highest BCUT2D eigenvalue weighted by atomic mass is 16.4. The van der Waals surface area contributed by atoms with Crippen molar-refractivity contribution in [1.29, 1.82) is 0 Å². The Labute approximate surface area is 95.0 Å². The van der Waals surface area contributed by atoms with Gasteiger partial charge in [-0.1, -0.05) is 0 Å². The molecule has 88 valence electrons. The van der Waals surface area contributed by atoms with Gasteiger partial charge in [0.15, 0.2) is 0 Å². The number of carbonyl (C=O) groups excluding carboxylic acids is 1. The van der Waals surface area contributed by atoms with E-state index in [1.807, 2.05) is 4.90 Å². The van der Waals surface area contributed by atoms with Crippen molar-refractivity contribution in [2.75, 3.05) is 32.7 Å². The van der Waals surface area contributed by atoms with Gasteiger partial charge >= 0.3 is 5.97 Å². The Morgan fingerprint density at radius 3 is 2.38 bits per heavy atom. The monoisotopic (exact) mass is 224 g/mol. The molecule has 1 aliphatic rings. The maximum absolute atomic E-state index is 11.6. The molecule has 1 amide bonds. The number of carboxylic acid groups (broad SMARTS) is 1. The molecule has 1 N–H and O–H groups in total. The molecule has 0 atom stereocenters. The number of aliphatic carboxylic acids is 1. The number of rotatable bonds is 4. The van der Waals surface area contributed by atoms with Crippen LogP contribution in [0.5, 0.6) is 0 Å². The average molecular weight is 224 g/mol. The van der Waals surface area contributed by atoms with E-state index < -0.39 is 5.97 Å². The second-order valence-electron chi connectivity index (χ2n) is 3.75. The quantitative estimate of drug-likeness (QED) is 0.662. The Kier molecular flexibility index (Phi) is 4.80. The summed E-state index contributed by atoms with van der Waals surface area (Å²) in [4.78, 5) is 25.6. The summed E-state index contributed by atoms with van der Waals surface area (Å²) in [5, 5.41) is 8.61. The highest BCUT2D eigenvalue weighted by molar-refractivity contribution is 5.76. The third-order valence-electron chi connectivity index (χ3n) is 2.57. The van der Waals surface area contributed by atoms with E-state index >= 15 is 0 Å². The van der Waals surface area contributed by atoms with Crippen LogP contribution >= 0.6 is 0 Å². The van der Waals surface area contributed by atoms with Gasteiger partial charge in [0.1, 0.15) is 0 Å². The van der Waals surface area contributed by atoms with Crippen LogP contribution in [0, 0.1) is 12.3 Å². The van der Waals surface area contributed by atoms with E-state index in [1.54, 1.807) is 4.90 Å². The lowest BCUT2D eigenvalue weighted by molar-refractivity contribution is -0.139. The van der Waals surface area contributed by atoms with Crippen LogP contribution in [0.25, 0.3) is 0 Å². The topological polar surface area (TPSA) is 60.9 Å². The molecule has 1 rings (SSSR count). The van der Waals surface area contributed by atoms with Crippen molar-refractivity contribution >= 4 is 11.9 Å². The van der Waals surface area contributed by atoms with Crippen molar-refractivity contribution in [2.45, 2.75) is 12.8 Å². The zero-order chi connectivity index (χ0) is 12.0. The Hall–Kier alpha value is -1.54. The summed E-state index contributed by atoms with van der Waals surface area (Å²) in [7, 11) is 0. The van der Waals surface area contributed by atoms with E-state index in [-0.39, 0.29) is 12.5 Å². The second kappa shape index (κ2) is 6.13. The minimum absolute atomic E-state index is 0.0480. The van der Waals surface area contributed by atoms with Gasteiger partial charge in [-0.15, -0.1) is 12.3 Å². The van der Waals surface area contributed by atoms with Crippen molar-refractivity contribution in [2.24, 2.45) is 0 Å². The van der Waals surface area contributed by atoms with Crippen LogP contribution in [-0.2, 0) is 9.59 Å². The molecular weight excluding hydrogens is 208 g/mol. The fraction of sp³-hybridized carbons (Fsp3) is 0.636. The summed E-state index contributed by atoms with van der Waals surface area (Å²) < 4.78 is 0. The Morgan fingerprint density at radius 2 is 1.88 bits per heavy atom. The lowest BCUT2D eigenvalue weighted by Gasteiger charge is -2.33. The van der Waals surface area contributed by atoms with Crippen molar-refractivity contribution in [3.05, 3.63) is 0 Å². The summed E-state index contributed by atoms with van der Waals surface area (Å²) >= 11 is 0. The Balaban J connectivity index is 2.29. The maximum atomic E-state index is 11.6. The van der Waals surface area contributed by atoms with Gasteiger partial charge in [-0.25, -0.2) is 0 Å². The molecule has 16 heavy (non-hydrogen) atoms. The molecule has 1 fully saturated rings. The van der Waals surface area contributed by atoms with Crippen molar-refractivity contribution in [3.63, 3.8) is 0 Å². The van der Waals surface area contributed by atoms with Crippen molar-refractivity contribution < 1.29 is 14.7 Å². The zero-order valence-corrected chi connectivity index (χ0v) is 9.19. The lowest BCUT2D eigenvalue weighted by Crippen LogP contribution is -2.49. The minimum Gasteiger partial charge on any atom is -0.480 e.